The van der Waals surface area contributed by atoms with Gasteiger partial charge in [-0.2, -0.15) is 10.2 Å². The number of non-ortho nitro benzene ring substituents is 2. The molecule has 56 heavy (non-hydrogen) atoms. The first-order chi connectivity index (χ1) is 27.1. The Bertz CT molecular complexity index is 2220. The maximum atomic E-state index is 15.4. The van der Waals surface area contributed by atoms with E-state index in [0.717, 1.165) is 11.4 Å². The van der Waals surface area contributed by atoms with Crippen molar-refractivity contribution in [2.24, 2.45) is 0 Å². The number of nitro groups is 2. The standard InChI is InChI=1S/C39H38F2N10O5/c40-29-1-5-31(6-2-29)44-13-17-46(18-14-44)37(25-48-35-11-9-33(50(53)54)21-27(35)23-42-48)39(52)38(26-49-36-12-10-34(51(55)56)22-28(36)24-43-49)47-19-15-45(16-20-47)32-7-3-30(41)4-8-32/h1-12,21-24,37-38H,13-20,25-26H2. The SMILES string of the molecule is O=C(C(Cn1ncc2cc([N+](=O)[O-])ccc21)N1CCN(c2ccc(F)cc2)CC1)C(Cn1ncc2cc([N+](=O)[O-])ccc21)N1CCN(c2ccc(F)cc2)CC1. The summed E-state index contributed by atoms with van der Waals surface area (Å²) in [6.45, 7) is 4.81. The number of rotatable bonds is 12. The van der Waals surface area contributed by atoms with Crippen molar-refractivity contribution in [3.05, 3.63) is 129 Å². The lowest BCUT2D eigenvalue weighted by molar-refractivity contribution is -0.384. The van der Waals surface area contributed by atoms with Crippen molar-refractivity contribution in [2.75, 3.05) is 62.2 Å². The predicted molar refractivity (Wildman–Crippen MR) is 206 cm³/mol. The fraction of sp³-hybridized carbons (Fsp3) is 0.308. The van der Waals surface area contributed by atoms with Gasteiger partial charge in [0.25, 0.3) is 11.4 Å². The Kier molecular flexibility index (Phi) is 10.1. The molecule has 4 heterocycles. The summed E-state index contributed by atoms with van der Waals surface area (Å²) in [5.74, 6) is -0.698. The van der Waals surface area contributed by atoms with Gasteiger partial charge in [-0.05, 0) is 60.7 Å². The van der Waals surface area contributed by atoms with E-state index in [0.29, 0.717) is 74.2 Å². The minimum atomic E-state index is -0.674. The van der Waals surface area contributed by atoms with Crippen molar-refractivity contribution >= 4 is 50.3 Å². The molecular formula is C39H38F2N10O5. The van der Waals surface area contributed by atoms with Gasteiger partial charge in [-0.25, -0.2) is 8.78 Å². The van der Waals surface area contributed by atoms with Crippen LogP contribution in [0.25, 0.3) is 21.8 Å². The van der Waals surface area contributed by atoms with Crippen molar-refractivity contribution in [3.8, 4) is 0 Å². The molecule has 288 valence electrons. The van der Waals surface area contributed by atoms with E-state index >= 15 is 4.79 Å². The fourth-order valence-electron chi connectivity index (χ4n) is 7.87. The second kappa shape index (κ2) is 15.4. The molecule has 0 N–H and O–H groups in total. The summed E-state index contributed by atoms with van der Waals surface area (Å²) in [4.78, 5) is 46.1. The molecule has 0 bridgehead atoms. The Morgan fingerprint density at radius 2 is 0.964 bits per heavy atom. The van der Waals surface area contributed by atoms with Gasteiger partial charge in [0.05, 0.1) is 58.4 Å². The Labute approximate surface area is 319 Å². The molecule has 2 fully saturated rings. The number of piperazine rings is 2. The number of fused-ring (bicyclic) bond motifs is 2. The highest BCUT2D eigenvalue weighted by atomic mass is 19.1. The van der Waals surface area contributed by atoms with Gasteiger partial charge in [-0.3, -0.25) is 44.2 Å². The average Bonchev–Trinajstić information content (AvgIpc) is 3.82. The van der Waals surface area contributed by atoms with Crippen LogP contribution >= 0.6 is 0 Å². The van der Waals surface area contributed by atoms with Gasteiger partial charge in [-0.1, -0.05) is 0 Å². The molecule has 0 amide bonds. The first-order valence-electron chi connectivity index (χ1n) is 18.3. The lowest BCUT2D eigenvalue weighted by atomic mass is 9.99. The molecule has 0 spiro atoms. The van der Waals surface area contributed by atoms with E-state index in [9.17, 15) is 29.0 Å². The van der Waals surface area contributed by atoms with Crippen LogP contribution in [-0.2, 0) is 17.9 Å². The summed E-state index contributed by atoms with van der Waals surface area (Å²) < 4.78 is 30.9. The van der Waals surface area contributed by atoms with Gasteiger partial charge in [0, 0.05) is 98.8 Å². The Morgan fingerprint density at radius 3 is 1.32 bits per heavy atom. The highest BCUT2D eigenvalue weighted by Gasteiger charge is 2.39. The normalized spacial score (nSPS) is 16.7. The topological polar surface area (TPSA) is 152 Å². The third-order valence-electron chi connectivity index (χ3n) is 10.9. The van der Waals surface area contributed by atoms with E-state index in [1.807, 2.05) is 0 Å². The third kappa shape index (κ3) is 7.50. The van der Waals surface area contributed by atoms with E-state index in [1.54, 1.807) is 58.2 Å². The number of Topliss-reactive ketones (excluding diaryl/α,β-unsaturated/α-hetero) is 1. The molecule has 17 heteroatoms. The molecule has 0 saturated carbocycles. The molecule has 2 saturated heterocycles. The van der Waals surface area contributed by atoms with E-state index < -0.39 is 21.9 Å². The Morgan fingerprint density at radius 1 is 0.589 bits per heavy atom. The van der Waals surface area contributed by atoms with Crippen molar-refractivity contribution in [2.45, 2.75) is 25.2 Å². The zero-order valence-corrected chi connectivity index (χ0v) is 30.2. The second-order valence-electron chi connectivity index (χ2n) is 14.1. The van der Waals surface area contributed by atoms with Crippen LogP contribution in [-0.4, -0.2) is 109 Å². The van der Waals surface area contributed by atoms with E-state index in [-0.39, 0.29) is 41.9 Å². The second-order valence-corrected chi connectivity index (χ2v) is 14.1. The van der Waals surface area contributed by atoms with Crippen molar-refractivity contribution in [1.29, 1.82) is 0 Å². The predicted octanol–water partition coefficient (Wildman–Crippen LogP) is 5.13. The number of halogens is 2. The lowest BCUT2D eigenvalue weighted by Gasteiger charge is -2.43. The number of carbonyl (C=O) groups excluding carboxylic acids is 1. The van der Waals surface area contributed by atoms with E-state index in [2.05, 4.69) is 29.8 Å². The van der Waals surface area contributed by atoms with E-state index in [4.69, 9.17) is 0 Å². The molecule has 2 atom stereocenters. The number of nitrogens with zero attached hydrogens (tertiary/aromatic N) is 10. The van der Waals surface area contributed by atoms with Crippen molar-refractivity contribution in [3.63, 3.8) is 0 Å². The van der Waals surface area contributed by atoms with Gasteiger partial charge < -0.3 is 9.80 Å². The highest BCUT2D eigenvalue weighted by Crippen LogP contribution is 2.27. The van der Waals surface area contributed by atoms with Crippen LogP contribution in [0.5, 0.6) is 0 Å². The van der Waals surface area contributed by atoms with Crippen LogP contribution < -0.4 is 9.80 Å². The monoisotopic (exact) mass is 764 g/mol. The fourth-order valence-corrected chi connectivity index (χ4v) is 7.87. The molecule has 2 unspecified atom stereocenters. The maximum absolute atomic E-state index is 15.4. The van der Waals surface area contributed by atoms with Crippen LogP contribution in [0.15, 0.2) is 97.3 Å². The summed E-state index contributed by atoms with van der Waals surface area (Å²) in [7, 11) is 0. The number of carbonyl (C=O) groups is 1. The van der Waals surface area contributed by atoms with Crippen LogP contribution in [0.4, 0.5) is 31.5 Å². The molecule has 0 aliphatic carbocycles. The zero-order chi connectivity index (χ0) is 38.9. The first-order valence-corrected chi connectivity index (χ1v) is 18.3. The molecular weight excluding hydrogens is 726 g/mol. The lowest BCUT2D eigenvalue weighted by Crippen LogP contribution is -2.61. The molecule has 2 aliphatic heterocycles. The summed E-state index contributed by atoms with van der Waals surface area (Å²) in [5.41, 5.74) is 2.97. The molecule has 2 aliphatic rings. The van der Waals surface area contributed by atoms with Gasteiger partial charge in [0.1, 0.15) is 11.6 Å². The van der Waals surface area contributed by atoms with Crippen LogP contribution in [0.1, 0.15) is 0 Å². The molecule has 2 aromatic heterocycles. The average molecular weight is 765 g/mol. The number of ketones is 1. The number of anilines is 2. The highest BCUT2D eigenvalue weighted by molar-refractivity contribution is 5.90. The summed E-state index contributed by atoms with van der Waals surface area (Å²) in [6.07, 6.45) is 3.13. The summed E-state index contributed by atoms with van der Waals surface area (Å²) >= 11 is 0. The first kappa shape index (κ1) is 36.6. The number of nitro benzene ring substituents is 2. The third-order valence-corrected chi connectivity index (χ3v) is 10.9. The Hall–Kier alpha value is -6.33. The molecule has 0 radical (unpaired) electrons. The summed E-state index contributed by atoms with van der Waals surface area (Å²) in [5, 5.41) is 33.4. The minimum Gasteiger partial charge on any atom is -0.369 e. The minimum absolute atomic E-state index is 0.0572. The zero-order valence-electron chi connectivity index (χ0n) is 30.2. The molecule has 8 rings (SSSR count). The van der Waals surface area contributed by atoms with Gasteiger partial charge in [0.15, 0.2) is 5.78 Å². The van der Waals surface area contributed by atoms with Crippen LogP contribution in [0, 0.1) is 31.9 Å². The number of hydrogen-bond donors (Lipinski definition) is 0. The number of benzene rings is 4. The van der Waals surface area contributed by atoms with Gasteiger partial charge in [-0.15, -0.1) is 0 Å². The van der Waals surface area contributed by atoms with E-state index in [1.165, 1.54) is 48.5 Å². The number of hydrogen-bond acceptors (Lipinski definition) is 11. The quantitative estimate of drug-likeness (QED) is 0.121. The van der Waals surface area contributed by atoms with Crippen molar-refractivity contribution < 1.29 is 23.4 Å². The van der Waals surface area contributed by atoms with Crippen LogP contribution in [0.2, 0.25) is 0 Å². The Balaban J connectivity index is 1.12. The molecule has 6 aromatic rings. The smallest absolute Gasteiger partial charge is 0.270 e. The maximum Gasteiger partial charge on any atom is 0.270 e. The van der Waals surface area contributed by atoms with Gasteiger partial charge >= 0.3 is 0 Å². The molecule has 4 aromatic carbocycles. The van der Waals surface area contributed by atoms with Crippen LogP contribution in [0.3, 0.4) is 0 Å². The summed E-state index contributed by atoms with van der Waals surface area (Å²) in [6, 6.07) is 20.4. The largest absolute Gasteiger partial charge is 0.369 e. The molecule has 15 nitrogen and oxygen atoms in total. The van der Waals surface area contributed by atoms with Crippen molar-refractivity contribution in [1.82, 2.24) is 29.4 Å². The van der Waals surface area contributed by atoms with Gasteiger partial charge in [0.2, 0.25) is 0 Å². The number of aromatic nitrogens is 4.